The molecule has 23 heavy (non-hydrogen) atoms. The third-order valence-electron chi connectivity index (χ3n) is 5.19. The number of nitrogens with zero attached hydrogens (tertiary/aromatic N) is 1. The van der Waals surface area contributed by atoms with Gasteiger partial charge < -0.3 is 14.7 Å². The lowest BCUT2D eigenvalue weighted by Gasteiger charge is -2.45. The molecule has 2 saturated heterocycles. The molecular formula is C19H27NO3. The van der Waals surface area contributed by atoms with Gasteiger partial charge in [-0.15, -0.1) is 0 Å². The Labute approximate surface area is 138 Å². The van der Waals surface area contributed by atoms with E-state index in [0.29, 0.717) is 13.0 Å². The van der Waals surface area contributed by atoms with Crippen LogP contribution in [0.1, 0.15) is 44.1 Å². The summed E-state index contributed by atoms with van der Waals surface area (Å²) in [6.07, 6.45) is 5.41. The van der Waals surface area contributed by atoms with Crippen LogP contribution in [0.3, 0.4) is 0 Å². The highest BCUT2D eigenvalue weighted by Crippen LogP contribution is 2.35. The second-order valence-electron chi connectivity index (χ2n) is 6.90. The number of hydrogen-bond acceptors (Lipinski definition) is 3. The molecule has 2 aliphatic heterocycles. The highest BCUT2D eigenvalue weighted by molar-refractivity contribution is 5.76. The maximum atomic E-state index is 12.4. The number of ether oxygens (including phenoxy) is 1. The quantitative estimate of drug-likeness (QED) is 0.928. The van der Waals surface area contributed by atoms with Crippen LogP contribution in [0.4, 0.5) is 0 Å². The summed E-state index contributed by atoms with van der Waals surface area (Å²) in [4.78, 5) is 14.3. The van der Waals surface area contributed by atoms with Gasteiger partial charge in [0.05, 0.1) is 11.7 Å². The Kier molecular flexibility index (Phi) is 5.34. The number of benzene rings is 1. The smallest absolute Gasteiger partial charge is 0.222 e. The molecule has 0 aromatic heterocycles. The first-order valence-corrected chi connectivity index (χ1v) is 8.81. The van der Waals surface area contributed by atoms with Crippen LogP contribution in [-0.4, -0.2) is 47.3 Å². The number of rotatable bonds is 4. The van der Waals surface area contributed by atoms with Gasteiger partial charge in [0, 0.05) is 32.5 Å². The minimum atomic E-state index is -0.239. The summed E-state index contributed by atoms with van der Waals surface area (Å²) in [6.45, 7) is 2.17. The minimum Gasteiger partial charge on any atom is -0.393 e. The van der Waals surface area contributed by atoms with E-state index in [0.717, 1.165) is 51.6 Å². The molecule has 0 saturated carbocycles. The van der Waals surface area contributed by atoms with E-state index in [1.807, 2.05) is 23.1 Å². The Morgan fingerprint density at radius 2 is 2.00 bits per heavy atom. The topological polar surface area (TPSA) is 49.8 Å². The molecule has 1 unspecified atom stereocenters. The number of carbonyl (C=O) groups is 1. The van der Waals surface area contributed by atoms with Crippen LogP contribution >= 0.6 is 0 Å². The van der Waals surface area contributed by atoms with Crippen LogP contribution in [0.2, 0.25) is 0 Å². The summed E-state index contributed by atoms with van der Waals surface area (Å²) in [5.74, 6) is 0.257. The number of piperidine rings is 1. The number of likely N-dealkylation sites (tertiary alicyclic amines) is 1. The first kappa shape index (κ1) is 16.5. The summed E-state index contributed by atoms with van der Waals surface area (Å²) in [5, 5.41) is 9.87. The van der Waals surface area contributed by atoms with Crippen molar-refractivity contribution >= 4 is 5.91 Å². The summed E-state index contributed by atoms with van der Waals surface area (Å²) in [6, 6.07) is 10.3. The van der Waals surface area contributed by atoms with Crippen molar-refractivity contribution in [1.29, 1.82) is 0 Å². The van der Waals surface area contributed by atoms with E-state index in [9.17, 15) is 9.90 Å². The molecule has 0 bridgehead atoms. The van der Waals surface area contributed by atoms with Crippen molar-refractivity contribution in [2.24, 2.45) is 0 Å². The van der Waals surface area contributed by atoms with Crippen molar-refractivity contribution in [2.45, 2.75) is 56.7 Å². The van der Waals surface area contributed by atoms with Gasteiger partial charge >= 0.3 is 0 Å². The molecule has 3 rings (SSSR count). The lowest BCUT2D eigenvalue weighted by Crippen LogP contribution is -2.51. The number of hydrogen-bond donors (Lipinski definition) is 1. The van der Waals surface area contributed by atoms with Gasteiger partial charge in [0.1, 0.15) is 0 Å². The molecule has 2 aliphatic rings. The average molecular weight is 317 g/mol. The molecule has 1 aromatic carbocycles. The van der Waals surface area contributed by atoms with Crippen molar-refractivity contribution < 1.29 is 14.6 Å². The van der Waals surface area contributed by atoms with Crippen LogP contribution in [0.5, 0.6) is 0 Å². The Morgan fingerprint density at radius 1 is 1.26 bits per heavy atom. The largest absolute Gasteiger partial charge is 0.393 e. The van der Waals surface area contributed by atoms with Gasteiger partial charge in [-0.05, 0) is 37.7 Å². The SMILES string of the molecule is O=C(CCCc1ccccc1)N1CCC2(CC1)CC(O)CCO2. The summed E-state index contributed by atoms with van der Waals surface area (Å²) in [7, 11) is 0. The Bertz CT molecular complexity index is 509. The van der Waals surface area contributed by atoms with Crippen molar-refractivity contribution in [2.75, 3.05) is 19.7 Å². The van der Waals surface area contributed by atoms with E-state index >= 15 is 0 Å². The predicted molar refractivity (Wildman–Crippen MR) is 89.1 cm³/mol. The van der Waals surface area contributed by atoms with Gasteiger partial charge in [0.2, 0.25) is 5.91 Å². The van der Waals surface area contributed by atoms with E-state index in [-0.39, 0.29) is 17.6 Å². The average Bonchev–Trinajstić information content (AvgIpc) is 2.56. The van der Waals surface area contributed by atoms with E-state index in [2.05, 4.69) is 12.1 Å². The normalized spacial score (nSPS) is 23.9. The second-order valence-corrected chi connectivity index (χ2v) is 6.90. The van der Waals surface area contributed by atoms with Gasteiger partial charge in [-0.1, -0.05) is 30.3 Å². The molecule has 0 radical (unpaired) electrons. The standard InChI is InChI=1S/C19H27NO3/c21-17-9-14-23-19(15-17)10-12-20(13-11-19)18(22)8-4-7-16-5-2-1-3-6-16/h1-3,5-6,17,21H,4,7-15H2. The Morgan fingerprint density at radius 3 is 2.70 bits per heavy atom. The minimum absolute atomic E-state index is 0.182. The van der Waals surface area contributed by atoms with Gasteiger partial charge in [0.25, 0.3) is 0 Å². The van der Waals surface area contributed by atoms with E-state index in [4.69, 9.17) is 4.74 Å². The number of aliphatic hydroxyl groups is 1. The predicted octanol–water partition coefficient (Wildman–Crippen LogP) is 2.54. The lowest BCUT2D eigenvalue weighted by atomic mass is 9.83. The first-order chi connectivity index (χ1) is 11.2. The summed E-state index contributed by atoms with van der Waals surface area (Å²) >= 11 is 0. The van der Waals surface area contributed by atoms with Gasteiger partial charge in [-0.25, -0.2) is 0 Å². The van der Waals surface area contributed by atoms with Gasteiger partial charge in [0.15, 0.2) is 0 Å². The lowest BCUT2D eigenvalue weighted by molar-refractivity contribution is -0.153. The van der Waals surface area contributed by atoms with E-state index in [1.54, 1.807) is 0 Å². The fourth-order valence-electron chi connectivity index (χ4n) is 3.76. The fourth-order valence-corrected chi connectivity index (χ4v) is 3.76. The fraction of sp³-hybridized carbons (Fsp3) is 0.632. The first-order valence-electron chi connectivity index (χ1n) is 8.81. The van der Waals surface area contributed by atoms with Crippen molar-refractivity contribution in [3.8, 4) is 0 Å². The van der Waals surface area contributed by atoms with Crippen LogP contribution in [0, 0.1) is 0 Å². The number of amides is 1. The molecule has 1 amide bonds. The van der Waals surface area contributed by atoms with Crippen LogP contribution in [0.25, 0.3) is 0 Å². The van der Waals surface area contributed by atoms with Crippen LogP contribution < -0.4 is 0 Å². The van der Waals surface area contributed by atoms with Crippen molar-refractivity contribution in [3.05, 3.63) is 35.9 Å². The van der Waals surface area contributed by atoms with Crippen molar-refractivity contribution in [3.63, 3.8) is 0 Å². The maximum absolute atomic E-state index is 12.4. The highest BCUT2D eigenvalue weighted by Gasteiger charge is 2.40. The summed E-state index contributed by atoms with van der Waals surface area (Å²) in [5.41, 5.74) is 1.11. The number of carbonyl (C=O) groups excluding carboxylic acids is 1. The van der Waals surface area contributed by atoms with Gasteiger partial charge in [-0.2, -0.15) is 0 Å². The zero-order valence-corrected chi connectivity index (χ0v) is 13.7. The molecular weight excluding hydrogens is 290 g/mol. The molecule has 1 aromatic rings. The van der Waals surface area contributed by atoms with Crippen molar-refractivity contribution in [1.82, 2.24) is 4.90 Å². The molecule has 2 fully saturated rings. The molecule has 1 spiro atoms. The molecule has 0 aliphatic carbocycles. The van der Waals surface area contributed by atoms with E-state index in [1.165, 1.54) is 5.56 Å². The molecule has 2 heterocycles. The monoisotopic (exact) mass is 317 g/mol. The number of aryl methyl sites for hydroxylation is 1. The molecule has 4 nitrogen and oxygen atoms in total. The van der Waals surface area contributed by atoms with E-state index < -0.39 is 0 Å². The molecule has 4 heteroatoms. The third-order valence-corrected chi connectivity index (χ3v) is 5.19. The number of aliphatic hydroxyl groups excluding tert-OH is 1. The Hall–Kier alpha value is -1.39. The van der Waals surface area contributed by atoms with Gasteiger partial charge in [-0.3, -0.25) is 4.79 Å². The zero-order valence-electron chi connectivity index (χ0n) is 13.7. The molecule has 1 atom stereocenters. The molecule has 1 N–H and O–H groups in total. The Balaban J connectivity index is 1.41. The third kappa shape index (κ3) is 4.33. The highest BCUT2D eigenvalue weighted by atomic mass is 16.5. The molecule has 126 valence electrons. The zero-order chi connectivity index (χ0) is 16.1. The van der Waals surface area contributed by atoms with Crippen LogP contribution in [0.15, 0.2) is 30.3 Å². The maximum Gasteiger partial charge on any atom is 0.222 e. The van der Waals surface area contributed by atoms with Crippen LogP contribution in [-0.2, 0) is 16.0 Å². The second kappa shape index (κ2) is 7.45. The summed E-state index contributed by atoms with van der Waals surface area (Å²) < 4.78 is 5.95.